The van der Waals surface area contributed by atoms with Crippen molar-refractivity contribution in [3.63, 3.8) is 0 Å². The van der Waals surface area contributed by atoms with Crippen LogP contribution in [0.4, 0.5) is 0 Å². The van der Waals surface area contributed by atoms with E-state index in [9.17, 15) is 9.59 Å². The number of hydrogen-bond acceptors (Lipinski definition) is 7. The molecular formula is C32H54N3O7+. The van der Waals surface area contributed by atoms with Crippen molar-refractivity contribution < 1.29 is 38.6 Å². The summed E-state index contributed by atoms with van der Waals surface area (Å²) in [5, 5.41) is 5.69. The van der Waals surface area contributed by atoms with Gasteiger partial charge in [0.15, 0.2) is 0 Å². The van der Waals surface area contributed by atoms with E-state index in [1.54, 1.807) is 28.4 Å². The number of carbonyl (C=O) groups is 2. The molecule has 14 atom stereocenters. The Hall–Kier alpha value is -1.30. The van der Waals surface area contributed by atoms with Gasteiger partial charge in [0, 0.05) is 53.4 Å². The number of quaternary nitrogens is 1. The molecule has 3 N–H and O–H groups in total. The number of fused-ring (bicyclic) bond motifs is 5. The minimum absolute atomic E-state index is 0.0203. The van der Waals surface area contributed by atoms with Gasteiger partial charge in [0.1, 0.15) is 12.1 Å². The first kappa shape index (κ1) is 30.7. The van der Waals surface area contributed by atoms with E-state index in [4.69, 9.17) is 23.7 Å². The molecule has 6 rings (SSSR count). The van der Waals surface area contributed by atoms with E-state index in [-0.39, 0.29) is 48.4 Å². The summed E-state index contributed by atoms with van der Waals surface area (Å²) in [6.45, 7) is 3.65. The molecular weight excluding hydrogens is 538 g/mol. The molecule has 3 aliphatic carbocycles. The van der Waals surface area contributed by atoms with Crippen LogP contribution in [0, 0.1) is 29.6 Å². The Morgan fingerprint density at radius 1 is 0.881 bits per heavy atom. The molecule has 13 unspecified atom stereocenters. The highest BCUT2D eigenvalue weighted by atomic mass is 16.5. The lowest BCUT2D eigenvalue weighted by molar-refractivity contribution is -0.713. The van der Waals surface area contributed by atoms with Gasteiger partial charge in [-0.1, -0.05) is 0 Å². The number of ether oxygens (including phenoxy) is 5. The second kappa shape index (κ2) is 13.0. The van der Waals surface area contributed by atoms with E-state index in [2.05, 4.69) is 15.5 Å². The maximum absolute atomic E-state index is 14.3. The van der Waals surface area contributed by atoms with Gasteiger partial charge in [0.05, 0.1) is 49.0 Å². The molecule has 10 heteroatoms. The summed E-state index contributed by atoms with van der Waals surface area (Å²) < 4.78 is 29.4. The van der Waals surface area contributed by atoms with Crippen molar-refractivity contribution in [1.82, 2.24) is 10.2 Å². The average molecular weight is 593 g/mol. The van der Waals surface area contributed by atoms with E-state index < -0.39 is 6.10 Å². The molecule has 10 nitrogen and oxygen atoms in total. The summed E-state index contributed by atoms with van der Waals surface area (Å²) in [7, 11) is 6.96. The lowest BCUT2D eigenvalue weighted by atomic mass is 9.64. The Kier molecular flexibility index (Phi) is 9.49. The second-order valence-electron chi connectivity index (χ2n) is 13.9. The van der Waals surface area contributed by atoms with Crippen LogP contribution in [-0.2, 0) is 33.3 Å². The summed E-state index contributed by atoms with van der Waals surface area (Å²) >= 11 is 0. The molecule has 3 saturated heterocycles. The fourth-order valence-corrected chi connectivity index (χ4v) is 10.3. The normalized spacial score (nSPS) is 45.5. The van der Waals surface area contributed by atoms with Crippen LogP contribution < -0.4 is 10.6 Å². The van der Waals surface area contributed by atoms with Gasteiger partial charge < -0.3 is 39.2 Å². The fourth-order valence-electron chi connectivity index (χ4n) is 10.3. The lowest BCUT2D eigenvalue weighted by Gasteiger charge is -2.53. The van der Waals surface area contributed by atoms with Crippen LogP contribution in [0.5, 0.6) is 0 Å². The molecule has 6 aliphatic rings. The van der Waals surface area contributed by atoms with Gasteiger partial charge in [-0.25, -0.2) is 0 Å². The topological polar surface area (TPSA) is 112 Å². The zero-order valence-corrected chi connectivity index (χ0v) is 26.2. The van der Waals surface area contributed by atoms with Crippen LogP contribution in [0.15, 0.2) is 0 Å². The Morgan fingerprint density at radius 3 is 2.38 bits per heavy atom. The van der Waals surface area contributed by atoms with Crippen LogP contribution in [-0.4, -0.2) is 113 Å². The van der Waals surface area contributed by atoms with Crippen LogP contribution in [0.25, 0.3) is 0 Å². The Balaban J connectivity index is 1.07. The zero-order valence-electron chi connectivity index (χ0n) is 26.2. The minimum atomic E-state index is -0.491. The van der Waals surface area contributed by atoms with Gasteiger partial charge in [-0.2, -0.15) is 0 Å². The predicted octanol–water partition coefficient (Wildman–Crippen LogP) is 1.11. The molecule has 42 heavy (non-hydrogen) atoms. The number of nitrogens with one attached hydrogen (secondary N) is 1. The van der Waals surface area contributed by atoms with Crippen molar-refractivity contribution in [2.75, 3.05) is 41.5 Å². The number of nitrogens with two attached hydrogens (primary N) is 1. The van der Waals surface area contributed by atoms with E-state index in [1.807, 2.05) is 6.92 Å². The maximum Gasteiger partial charge on any atom is 0.248 e. The van der Waals surface area contributed by atoms with Crippen molar-refractivity contribution in [3.05, 3.63) is 0 Å². The summed E-state index contributed by atoms with van der Waals surface area (Å²) in [5.74, 6) is 1.83. The zero-order chi connectivity index (χ0) is 29.5. The molecule has 0 bridgehead atoms. The van der Waals surface area contributed by atoms with Crippen molar-refractivity contribution in [3.8, 4) is 0 Å². The molecule has 0 spiro atoms. The quantitative estimate of drug-likeness (QED) is 0.413. The molecule has 2 amide bonds. The first-order chi connectivity index (χ1) is 20.4. The standard InChI is InChI=1S/C32H53N3O7/c1-17(31(36)34-16-18-6-10-24(38-2)26(14-18)40-4)42-19-7-9-23-22(15-19)20-12-13-33-28-21-8-11-25(39-3)30(41-5)27(21)32(37)35(23)29(20)28/h17-30,33H,6-16H2,1-5H3,(H,34,36)/p+1/t17-,18?,19?,20?,21?,22?,23?,24?,25?,26?,27?,28?,29?,30?/m0/s1. The van der Waals surface area contributed by atoms with E-state index in [0.717, 1.165) is 64.3 Å². The Labute approximate surface area is 251 Å². The van der Waals surface area contributed by atoms with E-state index in [0.29, 0.717) is 48.2 Å². The third-order valence-electron chi connectivity index (χ3n) is 12.2. The van der Waals surface area contributed by atoms with Crippen molar-refractivity contribution in [2.45, 2.75) is 119 Å². The average Bonchev–Trinajstić information content (AvgIpc) is 3.36. The molecule has 238 valence electrons. The van der Waals surface area contributed by atoms with Gasteiger partial charge >= 0.3 is 0 Å². The highest BCUT2D eigenvalue weighted by Gasteiger charge is 2.66. The molecule has 0 aromatic carbocycles. The summed E-state index contributed by atoms with van der Waals surface area (Å²) in [4.78, 5) is 29.6. The highest BCUT2D eigenvalue weighted by molar-refractivity contribution is 5.82. The number of hydrogen-bond donors (Lipinski definition) is 2. The van der Waals surface area contributed by atoms with Crippen LogP contribution >= 0.6 is 0 Å². The second-order valence-corrected chi connectivity index (χ2v) is 13.9. The van der Waals surface area contributed by atoms with Crippen LogP contribution in [0.3, 0.4) is 0 Å². The van der Waals surface area contributed by atoms with Crippen molar-refractivity contribution >= 4 is 11.8 Å². The molecule has 0 aromatic heterocycles. The first-order valence-electron chi connectivity index (χ1n) is 16.6. The molecule has 0 radical (unpaired) electrons. The van der Waals surface area contributed by atoms with Gasteiger partial charge in [0.25, 0.3) is 0 Å². The number of piperidine rings is 2. The number of nitrogens with zero attached hydrogens (tertiary/aromatic N) is 1. The van der Waals surface area contributed by atoms with Gasteiger partial charge in [0.2, 0.25) is 11.8 Å². The van der Waals surface area contributed by atoms with Gasteiger partial charge in [-0.05, 0) is 76.0 Å². The molecule has 6 fully saturated rings. The maximum atomic E-state index is 14.3. The van der Waals surface area contributed by atoms with E-state index in [1.165, 1.54) is 0 Å². The lowest BCUT2D eigenvalue weighted by Crippen LogP contribution is -2.99. The predicted molar refractivity (Wildman–Crippen MR) is 155 cm³/mol. The number of amides is 2. The SMILES string of the molecule is COC1CCC(CNC(=O)[C@H](C)OC2CCC3C(C2)C2CC[NH2+]C4C5CCC(OC)C(OC)C5C(=O)N3C24)CC1OC. The van der Waals surface area contributed by atoms with Gasteiger partial charge in [-0.15, -0.1) is 0 Å². The monoisotopic (exact) mass is 592 g/mol. The highest BCUT2D eigenvalue weighted by Crippen LogP contribution is 2.53. The Morgan fingerprint density at radius 2 is 1.64 bits per heavy atom. The Bertz CT molecular complexity index is 968. The fraction of sp³-hybridized carbons (Fsp3) is 0.938. The van der Waals surface area contributed by atoms with Crippen LogP contribution in [0.2, 0.25) is 0 Å². The minimum Gasteiger partial charge on any atom is -0.379 e. The number of carbonyl (C=O) groups excluding carboxylic acids is 2. The summed E-state index contributed by atoms with van der Waals surface area (Å²) in [6, 6.07) is 1.01. The molecule has 3 heterocycles. The third-order valence-corrected chi connectivity index (χ3v) is 12.2. The van der Waals surface area contributed by atoms with Crippen molar-refractivity contribution in [2.24, 2.45) is 29.6 Å². The number of methoxy groups -OCH3 is 4. The smallest absolute Gasteiger partial charge is 0.248 e. The van der Waals surface area contributed by atoms with E-state index >= 15 is 0 Å². The van der Waals surface area contributed by atoms with Crippen molar-refractivity contribution in [1.29, 1.82) is 0 Å². The van der Waals surface area contributed by atoms with Crippen LogP contribution in [0.1, 0.15) is 64.7 Å². The molecule has 3 aliphatic heterocycles. The summed E-state index contributed by atoms with van der Waals surface area (Å²) in [5.41, 5.74) is 0. The molecule has 0 aromatic rings. The van der Waals surface area contributed by atoms with Gasteiger partial charge in [-0.3, -0.25) is 9.59 Å². The molecule has 3 saturated carbocycles. The number of rotatable bonds is 9. The summed E-state index contributed by atoms with van der Waals surface area (Å²) in [6.07, 6.45) is 8.33. The first-order valence-corrected chi connectivity index (χ1v) is 16.6. The third kappa shape index (κ3) is 5.42. The largest absolute Gasteiger partial charge is 0.379 e.